The Morgan fingerprint density at radius 2 is 1.63 bits per heavy atom. The Balaban J connectivity index is 1.19. The number of hydrogen-bond acceptors (Lipinski definition) is 4. The fourth-order valence-corrected chi connectivity index (χ4v) is 4.76. The highest BCUT2D eigenvalue weighted by atomic mass is 16.2. The van der Waals surface area contributed by atoms with Crippen molar-refractivity contribution in [2.24, 2.45) is 5.41 Å². The van der Waals surface area contributed by atoms with Gasteiger partial charge in [-0.1, -0.05) is 19.1 Å². The number of piperazine rings is 1. The number of nitrogens with zero attached hydrogens (tertiary/aromatic N) is 4. The summed E-state index contributed by atoms with van der Waals surface area (Å²) >= 11 is 0. The summed E-state index contributed by atoms with van der Waals surface area (Å²) in [5.74, 6) is 0.323. The monoisotopic (exact) mass is 370 g/mol. The second kappa shape index (κ2) is 7.44. The van der Waals surface area contributed by atoms with Crippen LogP contribution in [0.15, 0.2) is 24.3 Å². The first-order valence-electron chi connectivity index (χ1n) is 10.6. The minimum absolute atomic E-state index is 0.323. The predicted molar refractivity (Wildman–Crippen MR) is 110 cm³/mol. The summed E-state index contributed by atoms with van der Waals surface area (Å²) in [6.45, 7) is 15.6. The van der Waals surface area contributed by atoms with Gasteiger partial charge in [0.1, 0.15) is 0 Å². The largest absolute Gasteiger partial charge is 0.370 e. The molecule has 27 heavy (non-hydrogen) atoms. The van der Waals surface area contributed by atoms with Gasteiger partial charge in [0, 0.05) is 69.5 Å². The lowest BCUT2D eigenvalue weighted by Gasteiger charge is -2.61. The van der Waals surface area contributed by atoms with E-state index < -0.39 is 0 Å². The predicted octanol–water partition coefficient (Wildman–Crippen LogP) is 1.92. The number of amides is 1. The molecule has 0 aromatic heterocycles. The average Bonchev–Trinajstić information content (AvgIpc) is 2.60. The molecule has 1 spiro atoms. The number of aryl methyl sites for hydroxylation is 1. The summed E-state index contributed by atoms with van der Waals surface area (Å²) in [5, 5.41) is 0. The molecule has 3 fully saturated rings. The molecule has 0 radical (unpaired) electrons. The van der Waals surface area contributed by atoms with Crippen molar-refractivity contribution in [3.8, 4) is 0 Å². The first kappa shape index (κ1) is 18.8. The van der Waals surface area contributed by atoms with E-state index in [-0.39, 0.29) is 0 Å². The molecule has 0 aliphatic carbocycles. The lowest BCUT2D eigenvalue weighted by Crippen LogP contribution is -2.73. The first-order chi connectivity index (χ1) is 13.0. The maximum absolute atomic E-state index is 12.6. The van der Waals surface area contributed by atoms with E-state index in [0.29, 0.717) is 23.9 Å². The first-order valence-corrected chi connectivity index (χ1v) is 10.6. The van der Waals surface area contributed by atoms with E-state index in [9.17, 15) is 4.79 Å². The average molecular weight is 371 g/mol. The normalized spacial score (nSPS) is 22.8. The highest BCUT2D eigenvalue weighted by molar-refractivity contribution is 5.79. The zero-order valence-electron chi connectivity index (χ0n) is 17.2. The summed E-state index contributed by atoms with van der Waals surface area (Å²) < 4.78 is 0. The number of anilines is 1. The molecule has 3 saturated heterocycles. The van der Waals surface area contributed by atoms with Gasteiger partial charge in [0.05, 0.1) is 6.54 Å². The minimum atomic E-state index is 0.323. The van der Waals surface area contributed by atoms with Crippen molar-refractivity contribution in [1.82, 2.24) is 14.7 Å². The molecule has 148 valence electrons. The highest BCUT2D eigenvalue weighted by Gasteiger charge is 2.53. The Bertz CT molecular complexity index is 649. The number of rotatable bonds is 5. The van der Waals surface area contributed by atoms with E-state index >= 15 is 0 Å². The summed E-state index contributed by atoms with van der Waals surface area (Å²) in [5.41, 5.74) is 3.07. The minimum Gasteiger partial charge on any atom is -0.370 e. The van der Waals surface area contributed by atoms with Gasteiger partial charge in [-0.2, -0.15) is 0 Å². The second-order valence-electron chi connectivity index (χ2n) is 9.03. The van der Waals surface area contributed by atoms with Gasteiger partial charge < -0.3 is 9.80 Å². The molecule has 3 heterocycles. The van der Waals surface area contributed by atoms with Crippen LogP contribution in [0.2, 0.25) is 0 Å². The zero-order chi connectivity index (χ0) is 19.0. The number of benzene rings is 1. The second-order valence-corrected chi connectivity index (χ2v) is 9.03. The van der Waals surface area contributed by atoms with Crippen molar-refractivity contribution in [3.05, 3.63) is 29.8 Å². The molecule has 0 atom stereocenters. The van der Waals surface area contributed by atoms with Crippen LogP contribution in [0.3, 0.4) is 0 Å². The van der Waals surface area contributed by atoms with Gasteiger partial charge in [-0.25, -0.2) is 0 Å². The van der Waals surface area contributed by atoms with Crippen LogP contribution in [0.25, 0.3) is 0 Å². The van der Waals surface area contributed by atoms with Crippen LogP contribution in [0.1, 0.15) is 26.3 Å². The molecule has 1 amide bonds. The fourth-order valence-electron chi connectivity index (χ4n) is 4.76. The molecule has 0 N–H and O–H groups in total. The van der Waals surface area contributed by atoms with Crippen LogP contribution in [-0.2, 0) is 11.2 Å². The van der Waals surface area contributed by atoms with Gasteiger partial charge in [0.2, 0.25) is 5.91 Å². The van der Waals surface area contributed by atoms with Crippen LogP contribution < -0.4 is 4.90 Å². The topological polar surface area (TPSA) is 30.0 Å². The molecule has 3 aliphatic rings. The van der Waals surface area contributed by atoms with E-state index in [1.165, 1.54) is 11.3 Å². The Labute approximate surface area is 163 Å². The summed E-state index contributed by atoms with van der Waals surface area (Å²) in [6.07, 6.45) is 1.09. The molecule has 1 aromatic carbocycles. The Hall–Kier alpha value is -1.59. The Morgan fingerprint density at radius 1 is 1.00 bits per heavy atom. The molecule has 3 aliphatic heterocycles. The standard InChI is InChI=1S/C22H34N4O/c1-4-19-5-7-20(8-6-19)25-14-22(15-25)16-26(17-22)21(27)13-23-9-11-24(12-10-23)18(2)3/h5-8,18H,4,9-17H2,1-3H3. The molecule has 0 bridgehead atoms. The number of likely N-dealkylation sites (tertiary alicyclic amines) is 1. The van der Waals surface area contributed by atoms with E-state index in [0.717, 1.165) is 58.8 Å². The third-order valence-electron chi connectivity index (χ3n) is 6.66. The van der Waals surface area contributed by atoms with Gasteiger partial charge in [-0.05, 0) is 38.0 Å². The Kier molecular flexibility index (Phi) is 5.17. The molecule has 5 nitrogen and oxygen atoms in total. The quantitative estimate of drug-likeness (QED) is 0.792. The third kappa shape index (κ3) is 3.85. The SMILES string of the molecule is CCc1ccc(N2CC3(CN(C(=O)CN4CCN(C(C)C)CC4)C3)C2)cc1. The van der Waals surface area contributed by atoms with Crippen molar-refractivity contribution in [2.45, 2.75) is 33.2 Å². The molecule has 5 heteroatoms. The maximum atomic E-state index is 12.6. The lowest BCUT2D eigenvalue weighted by molar-refractivity contribution is -0.146. The van der Waals surface area contributed by atoms with Crippen molar-refractivity contribution >= 4 is 11.6 Å². The molecular weight excluding hydrogens is 336 g/mol. The van der Waals surface area contributed by atoms with Gasteiger partial charge >= 0.3 is 0 Å². The lowest BCUT2D eigenvalue weighted by atomic mass is 9.72. The van der Waals surface area contributed by atoms with Crippen molar-refractivity contribution in [2.75, 3.05) is 63.8 Å². The van der Waals surface area contributed by atoms with Crippen LogP contribution in [0.4, 0.5) is 5.69 Å². The van der Waals surface area contributed by atoms with E-state index in [2.05, 4.69) is 64.6 Å². The molecule has 4 rings (SSSR count). The Morgan fingerprint density at radius 3 is 2.19 bits per heavy atom. The third-order valence-corrected chi connectivity index (χ3v) is 6.66. The van der Waals surface area contributed by atoms with Crippen LogP contribution in [0.5, 0.6) is 0 Å². The van der Waals surface area contributed by atoms with E-state index in [1.54, 1.807) is 0 Å². The van der Waals surface area contributed by atoms with Crippen molar-refractivity contribution < 1.29 is 4.79 Å². The fraction of sp³-hybridized carbons (Fsp3) is 0.682. The number of hydrogen-bond donors (Lipinski definition) is 0. The molecule has 0 unspecified atom stereocenters. The van der Waals surface area contributed by atoms with Gasteiger partial charge in [-0.3, -0.25) is 14.6 Å². The van der Waals surface area contributed by atoms with Crippen LogP contribution in [0, 0.1) is 5.41 Å². The smallest absolute Gasteiger partial charge is 0.236 e. The van der Waals surface area contributed by atoms with Crippen molar-refractivity contribution in [1.29, 1.82) is 0 Å². The maximum Gasteiger partial charge on any atom is 0.236 e. The highest BCUT2D eigenvalue weighted by Crippen LogP contribution is 2.41. The molecule has 0 saturated carbocycles. The van der Waals surface area contributed by atoms with E-state index in [4.69, 9.17) is 0 Å². The summed E-state index contributed by atoms with van der Waals surface area (Å²) in [6, 6.07) is 9.55. The van der Waals surface area contributed by atoms with Crippen molar-refractivity contribution in [3.63, 3.8) is 0 Å². The zero-order valence-corrected chi connectivity index (χ0v) is 17.2. The summed E-state index contributed by atoms with van der Waals surface area (Å²) in [7, 11) is 0. The number of carbonyl (C=O) groups excluding carboxylic acids is 1. The molecular formula is C22H34N4O. The number of carbonyl (C=O) groups is 1. The summed E-state index contributed by atoms with van der Waals surface area (Å²) in [4.78, 5) is 22.0. The van der Waals surface area contributed by atoms with Gasteiger partial charge in [0.15, 0.2) is 0 Å². The molecule has 1 aromatic rings. The van der Waals surface area contributed by atoms with Gasteiger partial charge in [-0.15, -0.1) is 0 Å². The van der Waals surface area contributed by atoms with E-state index in [1.807, 2.05) is 0 Å². The van der Waals surface area contributed by atoms with Crippen LogP contribution in [-0.4, -0.2) is 85.6 Å². The van der Waals surface area contributed by atoms with Crippen LogP contribution >= 0.6 is 0 Å². The van der Waals surface area contributed by atoms with Gasteiger partial charge in [0.25, 0.3) is 0 Å².